The fraction of sp³-hybridized carbons (Fsp3) is 0.800. The van der Waals surface area contributed by atoms with Gasteiger partial charge in [-0.3, -0.25) is 9.58 Å². The second kappa shape index (κ2) is 5.63. The number of aromatic nitrogens is 2. The van der Waals surface area contributed by atoms with Crippen molar-refractivity contribution in [2.75, 3.05) is 19.6 Å². The van der Waals surface area contributed by atoms with Gasteiger partial charge >= 0.3 is 0 Å². The highest BCUT2D eigenvalue weighted by molar-refractivity contribution is 5.06. The Balaban J connectivity index is 1.40. The Morgan fingerprint density at radius 2 is 2.21 bits per heavy atom. The zero-order valence-corrected chi connectivity index (χ0v) is 12.2. The highest BCUT2D eigenvalue weighted by Crippen LogP contribution is 2.27. The molecule has 1 aromatic rings. The van der Waals surface area contributed by atoms with Crippen molar-refractivity contribution in [1.29, 1.82) is 0 Å². The fourth-order valence-corrected chi connectivity index (χ4v) is 3.74. The molecule has 0 aromatic carbocycles. The molecule has 19 heavy (non-hydrogen) atoms. The van der Waals surface area contributed by atoms with Gasteiger partial charge in [0.05, 0.1) is 5.69 Å². The predicted molar refractivity (Wildman–Crippen MR) is 77.3 cm³/mol. The third kappa shape index (κ3) is 2.84. The molecule has 0 amide bonds. The summed E-state index contributed by atoms with van der Waals surface area (Å²) in [7, 11) is 0. The maximum atomic E-state index is 4.51. The van der Waals surface area contributed by atoms with Gasteiger partial charge in [-0.05, 0) is 58.7 Å². The first kappa shape index (κ1) is 13.1. The molecule has 2 saturated heterocycles. The maximum absolute atomic E-state index is 4.51. The average Bonchev–Trinajstić information content (AvgIpc) is 3.02. The quantitative estimate of drug-likeness (QED) is 0.820. The number of aryl methyl sites for hydroxylation is 3. The second-order valence-electron chi connectivity index (χ2n) is 6.10. The summed E-state index contributed by atoms with van der Waals surface area (Å²) >= 11 is 0. The molecular weight excluding hydrogens is 236 g/mol. The van der Waals surface area contributed by atoms with Crippen LogP contribution in [0.1, 0.15) is 37.1 Å². The first-order valence-electron chi connectivity index (χ1n) is 7.72. The van der Waals surface area contributed by atoms with Crippen LogP contribution in [0.4, 0.5) is 0 Å². The van der Waals surface area contributed by atoms with E-state index in [9.17, 15) is 0 Å². The van der Waals surface area contributed by atoms with E-state index in [0.29, 0.717) is 0 Å². The molecule has 1 aromatic heterocycles. The smallest absolute Gasteiger partial charge is 0.0596 e. The molecule has 3 heterocycles. The van der Waals surface area contributed by atoms with Gasteiger partial charge in [0, 0.05) is 30.9 Å². The highest BCUT2D eigenvalue weighted by atomic mass is 15.3. The van der Waals surface area contributed by atoms with Gasteiger partial charge in [-0.15, -0.1) is 0 Å². The number of nitrogens with one attached hydrogen (secondary N) is 1. The van der Waals surface area contributed by atoms with E-state index in [0.717, 1.165) is 30.9 Å². The Kier molecular flexibility index (Phi) is 3.89. The lowest BCUT2D eigenvalue weighted by Gasteiger charge is -2.21. The van der Waals surface area contributed by atoms with Crippen LogP contribution in [-0.2, 0) is 6.54 Å². The average molecular weight is 262 g/mol. The van der Waals surface area contributed by atoms with E-state index in [2.05, 4.69) is 39.9 Å². The molecule has 2 unspecified atom stereocenters. The normalized spacial score (nSPS) is 27.1. The van der Waals surface area contributed by atoms with E-state index in [-0.39, 0.29) is 0 Å². The SMILES string of the molecule is Cc1cc(C)n(CCCNC2CCN3CCCC23)n1. The molecule has 2 aliphatic heterocycles. The van der Waals surface area contributed by atoms with Crippen molar-refractivity contribution in [2.24, 2.45) is 0 Å². The minimum absolute atomic E-state index is 0.739. The van der Waals surface area contributed by atoms with Crippen LogP contribution in [0.2, 0.25) is 0 Å². The molecule has 4 nitrogen and oxygen atoms in total. The Morgan fingerprint density at radius 3 is 3.00 bits per heavy atom. The monoisotopic (exact) mass is 262 g/mol. The fourth-order valence-electron chi connectivity index (χ4n) is 3.74. The molecule has 106 valence electrons. The van der Waals surface area contributed by atoms with Gasteiger partial charge in [-0.2, -0.15) is 5.10 Å². The number of hydrogen-bond acceptors (Lipinski definition) is 3. The van der Waals surface area contributed by atoms with Gasteiger partial charge < -0.3 is 5.32 Å². The number of hydrogen-bond donors (Lipinski definition) is 1. The van der Waals surface area contributed by atoms with E-state index < -0.39 is 0 Å². The summed E-state index contributed by atoms with van der Waals surface area (Å²) in [5, 5.41) is 8.28. The molecule has 2 fully saturated rings. The van der Waals surface area contributed by atoms with Crippen molar-refractivity contribution in [3.63, 3.8) is 0 Å². The summed E-state index contributed by atoms with van der Waals surface area (Å²) in [5.74, 6) is 0. The molecule has 0 spiro atoms. The largest absolute Gasteiger partial charge is 0.312 e. The van der Waals surface area contributed by atoms with Crippen molar-refractivity contribution >= 4 is 0 Å². The second-order valence-corrected chi connectivity index (χ2v) is 6.10. The summed E-state index contributed by atoms with van der Waals surface area (Å²) < 4.78 is 2.13. The van der Waals surface area contributed by atoms with Gasteiger partial charge in [0.15, 0.2) is 0 Å². The predicted octanol–water partition coefficient (Wildman–Crippen LogP) is 1.72. The van der Waals surface area contributed by atoms with Crippen molar-refractivity contribution in [2.45, 2.75) is 58.2 Å². The van der Waals surface area contributed by atoms with Crippen LogP contribution in [0.15, 0.2) is 6.07 Å². The van der Waals surface area contributed by atoms with Crippen molar-refractivity contribution < 1.29 is 0 Å². The first-order chi connectivity index (χ1) is 9.24. The molecule has 0 radical (unpaired) electrons. The van der Waals surface area contributed by atoms with E-state index in [1.54, 1.807) is 0 Å². The standard InChI is InChI=1S/C15H26N4/c1-12-11-13(2)19(17-12)9-4-7-16-14-6-10-18-8-3-5-15(14)18/h11,14-16H,3-10H2,1-2H3. The van der Waals surface area contributed by atoms with Crippen LogP contribution in [0.5, 0.6) is 0 Å². The molecule has 0 bridgehead atoms. The minimum atomic E-state index is 0.739. The van der Waals surface area contributed by atoms with Crippen LogP contribution >= 0.6 is 0 Å². The van der Waals surface area contributed by atoms with Gasteiger partial charge in [0.1, 0.15) is 0 Å². The lowest BCUT2D eigenvalue weighted by molar-refractivity contribution is 0.298. The van der Waals surface area contributed by atoms with Gasteiger partial charge in [0.2, 0.25) is 0 Å². The van der Waals surface area contributed by atoms with Crippen LogP contribution in [0.3, 0.4) is 0 Å². The summed E-state index contributed by atoms with van der Waals surface area (Å²) in [6, 6.07) is 3.72. The Morgan fingerprint density at radius 1 is 1.32 bits per heavy atom. The number of nitrogens with zero attached hydrogens (tertiary/aromatic N) is 3. The summed E-state index contributed by atoms with van der Waals surface area (Å²) in [6.45, 7) is 8.99. The third-order valence-corrected chi connectivity index (χ3v) is 4.66. The summed E-state index contributed by atoms with van der Waals surface area (Å²) in [4.78, 5) is 2.67. The number of fused-ring (bicyclic) bond motifs is 1. The van der Waals surface area contributed by atoms with Crippen LogP contribution in [0.25, 0.3) is 0 Å². The van der Waals surface area contributed by atoms with E-state index in [1.165, 1.54) is 44.5 Å². The van der Waals surface area contributed by atoms with Crippen LogP contribution < -0.4 is 5.32 Å². The molecule has 2 aliphatic rings. The molecule has 0 saturated carbocycles. The van der Waals surface area contributed by atoms with Crippen molar-refractivity contribution in [3.8, 4) is 0 Å². The van der Waals surface area contributed by atoms with Crippen LogP contribution in [0, 0.1) is 13.8 Å². The molecule has 4 heteroatoms. The Bertz CT molecular complexity index is 426. The minimum Gasteiger partial charge on any atom is -0.312 e. The Labute approximate surface area is 116 Å². The molecule has 3 rings (SSSR count). The van der Waals surface area contributed by atoms with E-state index in [1.807, 2.05) is 0 Å². The zero-order valence-electron chi connectivity index (χ0n) is 12.2. The molecule has 1 N–H and O–H groups in total. The van der Waals surface area contributed by atoms with Gasteiger partial charge in [-0.25, -0.2) is 0 Å². The maximum Gasteiger partial charge on any atom is 0.0596 e. The highest BCUT2D eigenvalue weighted by Gasteiger charge is 2.36. The first-order valence-corrected chi connectivity index (χ1v) is 7.72. The lowest BCUT2D eigenvalue weighted by atomic mass is 10.1. The van der Waals surface area contributed by atoms with E-state index in [4.69, 9.17) is 0 Å². The molecular formula is C15H26N4. The van der Waals surface area contributed by atoms with Crippen molar-refractivity contribution in [1.82, 2.24) is 20.0 Å². The zero-order chi connectivity index (χ0) is 13.2. The third-order valence-electron chi connectivity index (χ3n) is 4.66. The summed E-state index contributed by atoms with van der Waals surface area (Å²) in [6.07, 6.45) is 5.31. The molecule has 0 aliphatic carbocycles. The van der Waals surface area contributed by atoms with Crippen LogP contribution in [-0.4, -0.2) is 46.4 Å². The van der Waals surface area contributed by atoms with Gasteiger partial charge in [0.25, 0.3) is 0 Å². The van der Waals surface area contributed by atoms with Crippen molar-refractivity contribution in [3.05, 3.63) is 17.5 Å². The number of rotatable bonds is 5. The molecule has 2 atom stereocenters. The topological polar surface area (TPSA) is 33.1 Å². The van der Waals surface area contributed by atoms with E-state index >= 15 is 0 Å². The Hall–Kier alpha value is -0.870. The lowest BCUT2D eigenvalue weighted by Crippen LogP contribution is -2.39. The van der Waals surface area contributed by atoms with Gasteiger partial charge in [-0.1, -0.05) is 0 Å². The summed E-state index contributed by atoms with van der Waals surface area (Å²) in [5.41, 5.74) is 2.41.